The maximum Gasteiger partial charge on any atom is 0.325 e. The van der Waals surface area contributed by atoms with Gasteiger partial charge < -0.3 is 24.5 Å². The zero-order valence-electron chi connectivity index (χ0n) is 16.6. The number of ether oxygens (including phenoxy) is 2. The number of methoxy groups -OCH3 is 2. The number of nitrogens with zero attached hydrogens (tertiary/aromatic N) is 2. The molecule has 1 aliphatic heterocycles. The molecule has 7 nitrogen and oxygen atoms in total. The molecule has 0 amide bonds. The maximum atomic E-state index is 12.2. The molecule has 0 radical (unpaired) electrons. The Hall–Kier alpha value is -3.19. The average Bonchev–Trinajstić information content (AvgIpc) is 3.18. The number of carbonyl (C=O) groups is 1. The van der Waals surface area contributed by atoms with Crippen molar-refractivity contribution in [2.75, 3.05) is 45.3 Å². The number of nitrogens with one attached hydrogen (secondary N) is 1. The highest BCUT2D eigenvalue weighted by molar-refractivity contribution is 5.92. The van der Waals surface area contributed by atoms with E-state index in [-0.39, 0.29) is 0 Å². The van der Waals surface area contributed by atoms with Crippen LogP contribution in [0.1, 0.15) is 11.6 Å². The van der Waals surface area contributed by atoms with E-state index in [0.717, 1.165) is 41.0 Å². The number of benzene rings is 2. The Balaban J connectivity index is 1.56. The second-order valence-corrected chi connectivity index (χ2v) is 7.09. The van der Waals surface area contributed by atoms with E-state index >= 15 is 0 Å². The van der Waals surface area contributed by atoms with Gasteiger partial charge in [0.05, 0.1) is 19.7 Å². The molecule has 0 unspecified atom stereocenters. The fraction of sp³-hybridized carbons (Fsp3) is 0.318. The van der Waals surface area contributed by atoms with Crippen LogP contribution in [-0.2, 0) is 4.79 Å². The number of aromatic amines is 1. The normalized spacial score (nSPS) is 16.0. The molecule has 1 saturated heterocycles. The van der Waals surface area contributed by atoms with E-state index in [0.29, 0.717) is 18.8 Å². The average molecular weight is 395 g/mol. The molecule has 1 aromatic heterocycles. The molecular weight excluding hydrogens is 370 g/mol. The number of aromatic nitrogens is 1. The zero-order chi connectivity index (χ0) is 20.4. The Labute approximate surface area is 169 Å². The number of para-hydroxylation sites is 1. The third-order valence-electron chi connectivity index (χ3n) is 5.56. The highest BCUT2D eigenvalue weighted by Gasteiger charge is 2.32. The lowest BCUT2D eigenvalue weighted by molar-refractivity contribution is -0.143. The van der Waals surface area contributed by atoms with Gasteiger partial charge >= 0.3 is 5.97 Å². The Morgan fingerprint density at radius 2 is 1.83 bits per heavy atom. The van der Waals surface area contributed by atoms with Crippen molar-refractivity contribution in [3.05, 3.63) is 54.2 Å². The van der Waals surface area contributed by atoms with Crippen LogP contribution in [0.2, 0.25) is 0 Å². The molecule has 152 valence electrons. The number of anilines is 1. The van der Waals surface area contributed by atoms with Gasteiger partial charge in [0.15, 0.2) is 0 Å². The summed E-state index contributed by atoms with van der Waals surface area (Å²) in [5, 5.41) is 10.9. The molecule has 0 bridgehead atoms. The molecule has 3 aromatic rings. The summed E-state index contributed by atoms with van der Waals surface area (Å²) < 4.78 is 10.7. The van der Waals surface area contributed by atoms with Crippen molar-refractivity contribution in [1.82, 2.24) is 9.88 Å². The van der Waals surface area contributed by atoms with Gasteiger partial charge in [-0.25, -0.2) is 0 Å². The number of H-pyrrole nitrogens is 1. The first-order valence-electron chi connectivity index (χ1n) is 9.62. The van der Waals surface area contributed by atoms with Crippen LogP contribution >= 0.6 is 0 Å². The van der Waals surface area contributed by atoms with Crippen molar-refractivity contribution in [1.29, 1.82) is 0 Å². The highest BCUT2D eigenvalue weighted by atomic mass is 16.5. The Morgan fingerprint density at radius 3 is 2.52 bits per heavy atom. The van der Waals surface area contributed by atoms with Crippen LogP contribution in [-0.4, -0.2) is 61.4 Å². The lowest BCUT2D eigenvalue weighted by Crippen LogP contribution is -2.49. The Bertz CT molecular complexity index is 1010. The molecule has 7 heteroatoms. The summed E-state index contributed by atoms with van der Waals surface area (Å²) in [6.07, 6.45) is 1.79. The predicted octanol–water partition coefficient (Wildman–Crippen LogP) is 3.13. The standard InChI is InChI=1S/C22H25N3O4/c1-28-16-6-3-5-15(13-16)24-9-11-25(12-10-24)21(22(26)27)18-14-23-20-17(18)7-4-8-19(20)29-2/h3-8,13-14,21,23H,9-12H2,1-2H3,(H,26,27)/t21-/m1/s1. The maximum absolute atomic E-state index is 12.2. The number of hydrogen-bond donors (Lipinski definition) is 2. The largest absolute Gasteiger partial charge is 0.497 e. The molecule has 0 saturated carbocycles. The SMILES string of the molecule is COc1cccc(N2CCN([C@@H](C(=O)O)c3c[nH]c4c(OC)cccc34)CC2)c1. The third kappa shape index (κ3) is 3.61. The molecule has 2 aromatic carbocycles. The number of carboxylic acid groups (broad SMARTS) is 1. The van der Waals surface area contributed by atoms with Gasteiger partial charge in [-0.2, -0.15) is 0 Å². The first-order valence-corrected chi connectivity index (χ1v) is 9.62. The minimum atomic E-state index is -0.844. The molecule has 29 heavy (non-hydrogen) atoms. The molecule has 1 atom stereocenters. The van der Waals surface area contributed by atoms with Gasteiger partial charge in [0.2, 0.25) is 0 Å². The Kier molecular flexibility index (Phi) is 5.31. The number of piperazine rings is 1. The highest BCUT2D eigenvalue weighted by Crippen LogP contribution is 2.34. The lowest BCUT2D eigenvalue weighted by Gasteiger charge is -2.38. The van der Waals surface area contributed by atoms with Crippen LogP contribution in [0.5, 0.6) is 11.5 Å². The van der Waals surface area contributed by atoms with Crippen LogP contribution < -0.4 is 14.4 Å². The van der Waals surface area contributed by atoms with Crippen molar-refractivity contribution in [2.24, 2.45) is 0 Å². The van der Waals surface area contributed by atoms with Crippen LogP contribution in [0.25, 0.3) is 10.9 Å². The Morgan fingerprint density at radius 1 is 1.07 bits per heavy atom. The molecule has 2 heterocycles. The van der Waals surface area contributed by atoms with Gasteiger partial charge in [0, 0.05) is 55.1 Å². The predicted molar refractivity (Wildman–Crippen MR) is 112 cm³/mol. The molecule has 1 aliphatic rings. The number of hydrogen-bond acceptors (Lipinski definition) is 5. The van der Waals surface area contributed by atoms with Crippen LogP contribution in [0, 0.1) is 0 Å². The monoisotopic (exact) mass is 395 g/mol. The van der Waals surface area contributed by atoms with Crippen molar-refractivity contribution in [3.63, 3.8) is 0 Å². The molecule has 2 N–H and O–H groups in total. The van der Waals surface area contributed by atoms with Crippen molar-refractivity contribution in [2.45, 2.75) is 6.04 Å². The van der Waals surface area contributed by atoms with Crippen molar-refractivity contribution >= 4 is 22.6 Å². The van der Waals surface area contributed by atoms with Crippen LogP contribution in [0.15, 0.2) is 48.7 Å². The number of fused-ring (bicyclic) bond motifs is 1. The minimum Gasteiger partial charge on any atom is -0.497 e. The van der Waals surface area contributed by atoms with Crippen molar-refractivity contribution < 1.29 is 19.4 Å². The van der Waals surface area contributed by atoms with E-state index in [2.05, 4.69) is 16.0 Å². The third-order valence-corrected chi connectivity index (χ3v) is 5.56. The summed E-state index contributed by atoms with van der Waals surface area (Å²) >= 11 is 0. The van der Waals surface area contributed by atoms with Gasteiger partial charge in [-0.3, -0.25) is 9.69 Å². The van der Waals surface area contributed by atoms with E-state index in [4.69, 9.17) is 9.47 Å². The van der Waals surface area contributed by atoms with E-state index in [1.807, 2.05) is 41.3 Å². The van der Waals surface area contributed by atoms with E-state index in [1.165, 1.54) is 0 Å². The molecular formula is C22H25N3O4. The zero-order valence-corrected chi connectivity index (χ0v) is 16.6. The minimum absolute atomic E-state index is 0.658. The second-order valence-electron chi connectivity index (χ2n) is 7.09. The van der Waals surface area contributed by atoms with Gasteiger partial charge in [-0.05, 0) is 18.2 Å². The first kappa shape index (κ1) is 19.1. The molecule has 0 aliphatic carbocycles. The number of aliphatic carboxylic acids is 1. The van der Waals surface area contributed by atoms with Gasteiger partial charge in [-0.1, -0.05) is 18.2 Å². The molecule has 1 fully saturated rings. The summed E-state index contributed by atoms with van der Waals surface area (Å²) in [4.78, 5) is 19.7. The number of rotatable bonds is 6. The summed E-state index contributed by atoms with van der Waals surface area (Å²) in [6.45, 7) is 2.82. The van der Waals surface area contributed by atoms with E-state index in [9.17, 15) is 9.90 Å². The van der Waals surface area contributed by atoms with Crippen molar-refractivity contribution in [3.8, 4) is 11.5 Å². The summed E-state index contributed by atoms with van der Waals surface area (Å²) in [5.41, 5.74) is 2.68. The molecule has 0 spiro atoms. The lowest BCUT2D eigenvalue weighted by atomic mass is 10.0. The van der Waals surface area contributed by atoms with E-state index < -0.39 is 12.0 Å². The summed E-state index contributed by atoms with van der Waals surface area (Å²) in [7, 11) is 3.27. The van der Waals surface area contributed by atoms with Gasteiger partial charge in [0.25, 0.3) is 0 Å². The second kappa shape index (κ2) is 8.05. The molecule has 4 rings (SSSR count). The fourth-order valence-electron chi connectivity index (χ4n) is 4.08. The smallest absolute Gasteiger partial charge is 0.325 e. The van der Waals surface area contributed by atoms with E-state index in [1.54, 1.807) is 20.4 Å². The number of carboxylic acids is 1. The van der Waals surface area contributed by atoms with Gasteiger partial charge in [-0.15, -0.1) is 0 Å². The quantitative estimate of drug-likeness (QED) is 0.668. The first-order chi connectivity index (χ1) is 14.1. The van der Waals surface area contributed by atoms with Crippen LogP contribution in [0.4, 0.5) is 5.69 Å². The summed E-state index contributed by atoms with van der Waals surface area (Å²) in [5.74, 6) is 0.686. The fourth-order valence-corrected chi connectivity index (χ4v) is 4.08. The van der Waals surface area contributed by atoms with Crippen LogP contribution in [0.3, 0.4) is 0 Å². The topological polar surface area (TPSA) is 78.0 Å². The van der Waals surface area contributed by atoms with Gasteiger partial charge in [0.1, 0.15) is 17.5 Å². The summed E-state index contributed by atoms with van der Waals surface area (Å²) in [6, 6.07) is 12.9.